The van der Waals surface area contributed by atoms with E-state index in [1.54, 1.807) is 11.1 Å². The minimum atomic E-state index is 0.891. The molecule has 2 aliphatic rings. The second-order valence-corrected chi connectivity index (χ2v) is 6.45. The highest BCUT2D eigenvalue weighted by molar-refractivity contribution is 9.10. The van der Waals surface area contributed by atoms with E-state index >= 15 is 0 Å². The van der Waals surface area contributed by atoms with Crippen molar-refractivity contribution in [1.82, 2.24) is 4.90 Å². The summed E-state index contributed by atoms with van der Waals surface area (Å²) in [7, 11) is 0. The second kappa shape index (κ2) is 5.11. The van der Waals surface area contributed by atoms with Gasteiger partial charge in [0.1, 0.15) is 0 Å². The fourth-order valence-electron chi connectivity index (χ4n) is 3.29. The minimum absolute atomic E-state index is 0.891. The van der Waals surface area contributed by atoms with Crippen molar-refractivity contribution in [1.29, 1.82) is 0 Å². The van der Waals surface area contributed by atoms with Crippen molar-refractivity contribution in [3.63, 3.8) is 0 Å². The van der Waals surface area contributed by atoms with Crippen molar-refractivity contribution < 1.29 is 0 Å². The van der Waals surface area contributed by atoms with Crippen molar-refractivity contribution >= 4 is 15.9 Å². The van der Waals surface area contributed by atoms with Gasteiger partial charge in [-0.3, -0.25) is 0 Å². The van der Waals surface area contributed by atoms with Crippen molar-refractivity contribution in [3.8, 4) is 0 Å². The van der Waals surface area contributed by atoms with E-state index in [-0.39, 0.29) is 0 Å². The summed E-state index contributed by atoms with van der Waals surface area (Å²) in [4.78, 5) is 2.66. The topological polar surface area (TPSA) is 3.24 Å². The van der Waals surface area contributed by atoms with Crippen LogP contribution in [0.4, 0.5) is 0 Å². The van der Waals surface area contributed by atoms with Gasteiger partial charge in [0.15, 0.2) is 0 Å². The number of rotatable bonds is 2. The van der Waals surface area contributed by atoms with Gasteiger partial charge in [0, 0.05) is 11.0 Å². The largest absolute Gasteiger partial charge is 0.303 e. The first-order valence-corrected chi connectivity index (χ1v) is 7.60. The van der Waals surface area contributed by atoms with Gasteiger partial charge in [-0.2, -0.15) is 0 Å². The van der Waals surface area contributed by atoms with Crippen LogP contribution in [0.3, 0.4) is 0 Å². The molecule has 1 aliphatic carbocycles. The Morgan fingerprint density at radius 2 is 2.00 bits per heavy atom. The quantitative estimate of drug-likeness (QED) is 0.805. The third kappa shape index (κ3) is 2.74. The van der Waals surface area contributed by atoms with E-state index in [0.717, 1.165) is 5.92 Å². The highest BCUT2D eigenvalue weighted by Gasteiger charge is 2.22. The van der Waals surface area contributed by atoms with Crippen LogP contribution in [-0.4, -0.2) is 24.5 Å². The number of hydrogen-bond acceptors (Lipinski definition) is 1. The van der Waals surface area contributed by atoms with Crippen molar-refractivity contribution in [2.45, 2.75) is 32.1 Å². The average Bonchev–Trinajstić information content (AvgIpc) is 2.82. The Balaban J connectivity index is 1.65. The first kappa shape index (κ1) is 11.7. The molecule has 1 heterocycles. The molecule has 0 aromatic heterocycles. The Labute approximate surface area is 112 Å². The van der Waals surface area contributed by atoms with Crippen molar-refractivity contribution in [2.75, 3.05) is 19.6 Å². The first-order valence-electron chi connectivity index (χ1n) is 6.81. The number of nitrogens with zero attached hydrogens (tertiary/aromatic N) is 1. The predicted molar refractivity (Wildman–Crippen MR) is 75.3 cm³/mol. The average molecular weight is 294 g/mol. The molecule has 0 spiro atoms. The van der Waals surface area contributed by atoms with Gasteiger partial charge in [-0.1, -0.05) is 22.0 Å². The van der Waals surface area contributed by atoms with Gasteiger partial charge in [-0.05, 0) is 74.4 Å². The summed E-state index contributed by atoms with van der Waals surface area (Å²) in [6, 6.07) is 6.81. The fourth-order valence-corrected chi connectivity index (χ4v) is 3.69. The molecule has 1 nitrogen and oxygen atoms in total. The molecule has 1 saturated heterocycles. The third-order valence-electron chi connectivity index (χ3n) is 4.21. The Kier molecular flexibility index (Phi) is 3.53. The number of hydrogen-bond donors (Lipinski definition) is 0. The lowest BCUT2D eigenvalue weighted by atomic mass is 9.84. The lowest BCUT2D eigenvalue weighted by Crippen LogP contribution is -2.30. The molecule has 92 valence electrons. The smallest absolute Gasteiger partial charge is 0.0178 e. The van der Waals surface area contributed by atoms with E-state index in [1.165, 1.54) is 56.2 Å². The summed E-state index contributed by atoms with van der Waals surface area (Å²) in [5, 5.41) is 0. The van der Waals surface area contributed by atoms with Crippen LogP contribution in [0.1, 0.15) is 30.4 Å². The van der Waals surface area contributed by atoms with Crippen LogP contribution in [0.2, 0.25) is 0 Å². The molecule has 1 atom stereocenters. The maximum absolute atomic E-state index is 3.57. The predicted octanol–water partition coefficient (Wildman–Crippen LogP) is 3.65. The SMILES string of the molecule is Brc1ccc2c(c1)CCC(CN1CCCC1)C2. The molecule has 3 rings (SSSR count). The molecule has 1 fully saturated rings. The van der Waals surface area contributed by atoms with Crippen LogP contribution in [-0.2, 0) is 12.8 Å². The summed E-state index contributed by atoms with van der Waals surface area (Å²) in [6.07, 6.45) is 6.76. The summed E-state index contributed by atoms with van der Waals surface area (Å²) < 4.78 is 1.23. The molecule has 2 heteroatoms. The molecule has 17 heavy (non-hydrogen) atoms. The Bertz CT molecular complexity index is 396. The Morgan fingerprint density at radius 3 is 2.82 bits per heavy atom. The standard InChI is InChI=1S/C15H20BrN/c16-15-6-5-13-9-12(3-4-14(13)10-15)11-17-7-1-2-8-17/h5-6,10,12H,1-4,7-9,11H2. The number of fused-ring (bicyclic) bond motifs is 1. The van der Waals surface area contributed by atoms with Crippen LogP contribution >= 0.6 is 15.9 Å². The molecule has 1 aliphatic heterocycles. The molecular weight excluding hydrogens is 274 g/mol. The third-order valence-corrected chi connectivity index (χ3v) is 4.71. The molecule has 0 saturated carbocycles. The van der Waals surface area contributed by atoms with Crippen LogP contribution in [0, 0.1) is 5.92 Å². The summed E-state index contributed by atoms with van der Waals surface area (Å²) >= 11 is 3.57. The zero-order valence-corrected chi connectivity index (χ0v) is 11.9. The van der Waals surface area contributed by atoms with Crippen LogP contribution < -0.4 is 0 Å². The van der Waals surface area contributed by atoms with Gasteiger partial charge < -0.3 is 4.90 Å². The first-order chi connectivity index (χ1) is 8.31. The molecule has 0 amide bonds. The van der Waals surface area contributed by atoms with Crippen LogP contribution in [0.25, 0.3) is 0 Å². The van der Waals surface area contributed by atoms with E-state index in [1.807, 2.05) is 0 Å². The minimum Gasteiger partial charge on any atom is -0.303 e. The fraction of sp³-hybridized carbons (Fsp3) is 0.600. The normalized spacial score (nSPS) is 24.9. The Hall–Kier alpha value is -0.340. The lowest BCUT2D eigenvalue weighted by Gasteiger charge is -2.28. The van der Waals surface area contributed by atoms with E-state index in [4.69, 9.17) is 0 Å². The Morgan fingerprint density at radius 1 is 1.18 bits per heavy atom. The monoisotopic (exact) mass is 293 g/mol. The summed E-state index contributed by atoms with van der Waals surface area (Å²) in [6.45, 7) is 4.00. The van der Waals surface area contributed by atoms with Gasteiger partial charge in [0.2, 0.25) is 0 Å². The zero-order valence-electron chi connectivity index (χ0n) is 10.3. The highest BCUT2D eigenvalue weighted by atomic mass is 79.9. The maximum atomic E-state index is 3.57. The summed E-state index contributed by atoms with van der Waals surface area (Å²) in [5.74, 6) is 0.891. The number of benzene rings is 1. The van der Waals surface area contributed by atoms with Gasteiger partial charge in [0.25, 0.3) is 0 Å². The van der Waals surface area contributed by atoms with Gasteiger partial charge >= 0.3 is 0 Å². The molecule has 0 radical (unpaired) electrons. The lowest BCUT2D eigenvalue weighted by molar-refractivity contribution is 0.262. The molecule has 1 unspecified atom stereocenters. The number of halogens is 1. The van der Waals surface area contributed by atoms with Crippen molar-refractivity contribution in [3.05, 3.63) is 33.8 Å². The number of aryl methyl sites for hydroxylation is 1. The highest BCUT2D eigenvalue weighted by Crippen LogP contribution is 2.29. The molecule has 1 aromatic carbocycles. The number of likely N-dealkylation sites (tertiary alicyclic amines) is 1. The molecular formula is C15H20BrN. The zero-order chi connectivity index (χ0) is 11.7. The molecule has 0 bridgehead atoms. The van der Waals surface area contributed by atoms with Crippen LogP contribution in [0.5, 0.6) is 0 Å². The molecule has 0 N–H and O–H groups in total. The van der Waals surface area contributed by atoms with E-state index in [9.17, 15) is 0 Å². The van der Waals surface area contributed by atoms with Crippen molar-refractivity contribution in [2.24, 2.45) is 5.92 Å². The van der Waals surface area contributed by atoms with Gasteiger partial charge in [-0.25, -0.2) is 0 Å². The summed E-state index contributed by atoms with van der Waals surface area (Å²) in [5.41, 5.74) is 3.15. The second-order valence-electron chi connectivity index (χ2n) is 5.53. The van der Waals surface area contributed by atoms with Gasteiger partial charge in [-0.15, -0.1) is 0 Å². The van der Waals surface area contributed by atoms with E-state index < -0.39 is 0 Å². The van der Waals surface area contributed by atoms with E-state index in [0.29, 0.717) is 0 Å². The van der Waals surface area contributed by atoms with Gasteiger partial charge in [0.05, 0.1) is 0 Å². The molecule has 1 aromatic rings. The maximum Gasteiger partial charge on any atom is 0.0178 e. The van der Waals surface area contributed by atoms with E-state index in [2.05, 4.69) is 39.0 Å². The van der Waals surface area contributed by atoms with Crippen LogP contribution in [0.15, 0.2) is 22.7 Å².